The van der Waals surface area contributed by atoms with Crippen molar-refractivity contribution in [3.63, 3.8) is 0 Å². The predicted molar refractivity (Wildman–Crippen MR) is 78.0 cm³/mol. The minimum atomic E-state index is -0.343. The van der Waals surface area contributed by atoms with E-state index >= 15 is 0 Å². The number of hydrogen-bond donors (Lipinski definition) is 1. The average molecular weight is 285 g/mol. The van der Waals surface area contributed by atoms with E-state index in [1.54, 1.807) is 6.07 Å². The van der Waals surface area contributed by atoms with Gasteiger partial charge in [-0.3, -0.25) is 0 Å². The largest absolute Gasteiger partial charge is 0.307 e. The van der Waals surface area contributed by atoms with Crippen LogP contribution in [0.4, 0.5) is 4.39 Å². The summed E-state index contributed by atoms with van der Waals surface area (Å²) in [6.07, 6.45) is 1.14. The quantitative estimate of drug-likeness (QED) is 0.914. The minimum Gasteiger partial charge on any atom is -0.307 e. The molecule has 0 radical (unpaired) electrons. The number of hydrogen-bond acceptors (Lipinski definition) is 2. The van der Waals surface area contributed by atoms with Crippen LogP contribution in [0.3, 0.4) is 0 Å². The summed E-state index contributed by atoms with van der Waals surface area (Å²) in [6.45, 7) is 6.57. The van der Waals surface area contributed by atoms with Gasteiger partial charge in [0.2, 0.25) is 0 Å². The summed E-state index contributed by atoms with van der Waals surface area (Å²) in [6, 6.07) is 5.68. The van der Waals surface area contributed by atoms with Gasteiger partial charge in [-0.15, -0.1) is 0 Å². The number of benzene rings is 1. The molecule has 1 aliphatic rings. The van der Waals surface area contributed by atoms with Crippen molar-refractivity contribution in [2.24, 2.45) is 5.92 Å². The van der Waals surface area contributed by atoms with Gasteiger partial charge in [0.25, 0.3) is 0 Å². The molecule has 1 N–H and O–H groups in total. The number of nitrogens with zero attached hydrogens (tertiary/aromatic N) is 1. The molecule has 3 unspecified atom stereocenters. The zero-order valence-corrected chi connectivity index (χ0v) is 12.5. The van der Waals surface area contributed by atoms with E-state index < -0.39 is 0 Å². The first-order chi connectivity index (χ1) is 8.97. The lowest BCUT2D eigenvalue weighted by molar-refractivity contribution is 0.168. The van der Waals surface area contributed by atoms with E-state index in [9.17, 15) is 4.39 Å². The summed E-state index contributed by atoms with van der Waals surface area (Å²) in [4.78, 5) is 2.36. The fourth-order valence-corrected chi connectivity index (χ4v) is 2.92. The Morgan fingerprint density at radius 1 is 1.47 bits per heavy atom. The van der Waals surface area contributed by atoms with Crippen molar-refractivity contribution >= 4 is 11.6 Å². The molecular weight excluding hydrogens is 263 g/mol. The average Bonchev–Trinajstić information content (AvgIpc) is 2.36. The van der Waals surface area contributed by atoms with Crippen molar-refractivity contribution in [3.8, 4) is 0 Å². The van der Waals surface area contributed by atoms with Crippen LogP contribution in [0.5, 0.6) is 0 Å². The highest BCUT2D eigenvalue weighted by molar-refractivity contribution is 6.30. The second kappa shape index (κ2) is 6.21. The summed E-state index contributed by atoms with van der Waals surface area (Å²) in [5, 5.41) is 3.80. The lowest BCUT2D eigenvalue weighted by Crippen LogP contribution is -2.47. The molecule has 1 fully saturated rings. The van der Waals surface area contributed by atoms with Crippen LogP contribution in [-0.2, 0) is 0 Å². The van der Waals surface area contributed by atoms with E-state index in [1.165, 1.54) is 6.07 Å². The van der Waals surface area contributed by atoms with Crippen LogP contribution in [0.15, 0.2) is 18.2 Å². The highest BCUT2D eigenvalue weighted by atomic mass is 35.5. The third kappa shape index (κ3) is 3.68. The highest BCUT2D eigenvalue weighted by Gasteiger charge is 2.25. The summed E-state index contributed by atoms with van der Waals surface area (Å²) < 4.78 is 13.5. The van der Waals surface area contributed by atoms with Crippen molar-refractivity contribution in [2.75, 3.05) is 20.1 Å². The summed E-state index contributed by atoms with van der Waals surface area (Å²) in [5.41, 5.74) is 0.952. The van der Waals surface area contributed by atoms with Gasteiger partial charge in [0.05, 0.1) is 5.02 Å². The Morgan fingerprint density at radius 3 is 2.84 bits per heavy atom. The Labute approximate surface area is 119 Å². The molecule has 2 rings (SSSR count). The molecule has 0 saturated carbocycles. The molecule has 1 aromatic carbocycles. The van der Waals surface area contributed by atoms with E-state index in [4.69, 9.17) is 11.6 Å². The van der Waals surface area contributed by atoms with Gasteiger partial charge in [-0.1, -0.05) is 24.6 Å². The normalized spacial score (nSPS) is 26.4. The van der Waals surface area contributed by atoms with E-state index in [0.29, 0.717) is 12.0 Å². The molecule has 106 valence electrons. The maximum absolute atomic E-state index is 13.5. The van der Waals surface area contributed by atoms with Crippen molar-refractivity contribution in [2.45, 2.75) is 32.4 Å². The Bertz CT molecular complexity index is 438. The topological polar surface area (TPSA) is 15.3 Å². The lowest BCUT2D eigenvalue weighted by atomic mass is 9.93. The van der Waals surface area contributed by atoms with Gasteiger partial charge in [-0.05, 0) is 50.6 Å². The molecular formula is C15H22ClFN2. The lowest BCUT2D eigenvalue weighted by Gasteiger charge is -2.37. The molecule has 1 aromatic rings. The zero-order valence-electron chi connectivity index (χ0n) is 11.8. The van der Waals surface area contributed by atoms with Gasteiger partial charge in [0.1, 0.15) is 5.82 Å². The highest BCUT2D eigenvalue weighted by Crippen LogP contribution is 2.23. The van der Waals surface area contributed by atoms with Crippen molar-refractivity contribution in [1.82, 2.24) is 10.2 Å². The van der Waals surface area contributed by atoms with Crippen LogP contribution in [0.25, 0.3) is 0 Å². The molecule has 4 heteroatoms. The summed E-state index contributed by atoms with van der Waals surface area (Å²) in [5.74, 6) is 0.266. The first-order valence-electron chi connectivity index (χ1n) is 6.87. The van der Waals surface area contributed by atoms with Crippen LogP contribution in [0, 0.1) is 11.7 Å². The SMILES string of the molecule is CC(NC1CCN(C)CC1C)c1ccc(Cl)c(F)c1. The molecule has 19 heavy (non-hydrogen) atoms. The van der Waals surface area contributed by atoms with Crippen molar-refractivity contribution < 1.29 is 4.39 Å². The molecule has 1 saturated heterocycles. The third-order valence-electron chi connectivity index (χ3n) is 4.02. The molecule has 0 aliphatic carbocycles. The smallest absolute Gasteiger partial charge is 0.142 e. The van der Waals surface area contributed by atoms with Gasteiger partial charge in [-0.25, -0.2) is 4.39 Å². The standard InChI is InChI=1S/C15H22ClFN2/c1-10-9-19(3)7-6-15(10)18-11(2)12-4-5-13(16)14(17)8-12/h4-5,8,10-11,15,18H,6-7,9H2,1-3H3. The van der Waals surface area contributed by atoms with Crippen molar-refractivity contribution in [3.05, 3.63) is 34.6 Å². The predicted octanol–water partition coefficient (Wildman–Crippen LogP) is 3.47. The molecule has 1 aliphatic heterocycles. The van der Waals surface area contributed by atoms with Crippen LogP contribution >= 0.6 is 11.6 Å². The number of likely N-dealkylation sites (tertiary alicyclic amines) is 1. The van der Waals surface area contributed by atoms with Crippen LogP contribution in [0.1, 0.15) is 31.9 Å². The number of rotatable bonds is 3. The Kier molecular flexibility index (Phi) is 4.82. The van der Waals surface area contributed by atoms with Crippen LogP contribution in [-0.4, -0.2) is 31.1 Å². The first-order valence-corrected chi connectivity index (χ1v) is 7.24. The monoisotopic (exact) mass is 284 g/mol. The zero-order chi connectivity index (χ0) is 14.0. The Morgan fingerprint density at radius 2 is 2.21 bits per heavy atom. The molecule has 1 heterocycles. The number of nitrogens with one attached hydrogen (secondary N) is 1. The van der Waals surface area contributed by atoms with Gasteiger partial charge in [0.15, 0.2) is 0 Å². The maximum Gasteiger partial charge on any atom is 0.142 e. The van der Waals surface area contributed by atoms with Gasteiger partial charge in [0, 0.05) is 18.6 Å². The maximum atomic E-state index is 13.5. The number of piperidine rings is 1. The molecule has 3 atom stereocenters. The first kappa shape index (κ1) is 14.8. The van der Waals surface area contributed by atoms with E-state index in [0.717, 1.165) is 25.1 Å². The molecule has 0 aromatic heterocycles. The Hall–Kier alpha value is -0.640. The van der Waals surface area contributed by atoms with Crippen molar-refractivity contribution in [1.29, 1.82) is 0 Å². The van der Waals surface area contributed by atoms with E-state index in [2.05, 4.69) is 31.1 Å². The third-order valence-corrected chi connectivity index (χ3v) is 4.32. The fraction of sp³-hybridized carbons (Fsp3) is 0.600. The molecule has 2 nitrogen and oxygen atoms in total. The van der Waals surface area contributed by atoms with E-state index in [-0.39, 0.29) is 16.9 Å². The molecule has 0 bridgehead atoms. The Balaban J connectivity index is 2.00. The van der Waals surface area contributed by atoms with E-state index in [1.807, 2.05) is 6.07 Å². The number of halogens is 2. The van der Waals surface area contributed by atoms with Gasteiger partial charge < -0.3 is 10.2 Å². The molecule has 0 spiro atoms. The van der Waals surface area contributed by atoms with Gasteiger partial charge >= 0.3 is 0 Å². The molecule has 0 amide bonds. The second-order valence-electron chi connectivity index (χ2n) is 5.70. The summed E-state index contributed by atoms with van der Waals surface area (Å²) >= 11 is 5.72. The fourth-order valence-electron chi connectivity index (χ4n) is 2.80. The second-order valence-corrected chi connectivity index (χ2v) is 6.10. The van der Waals surface area contributed by atoms with Crippen LogP contribution < -0.4 is 5.32 Å². The summed E-state index contributed by atoms with van der Waals surface area (Å²) in [7, 11) is 2.16. The minimum absolute atomic E-state index is 0.141. The van der Waals surface area contributed by atoms with Gasteiger partial charge in [-0.2, -0.15) is 0 Å². The van der Waals surface area contributed by atoms with Crippen LogP contribution in [0.2, 0.25) is 5.02 Å².